The van der Waals surface area contributed by atoms with Crippen molar-refractivity contribution in [2.45, 2.75) is 12.8 Å². The highest BCUT2D eigenvalue weighted by atomic mass is 35.5. The van der Waals surface area contributed by atoms with E-state index in [1.807, 2.05) is 0 Å². The largest absolute Gasteiger partial charge is 0.351 e. The maximum Gasteiger partial charge on any atom is 0.251 e. The topological polar surface area (TPSA) is 49.4 Å². The van der Waals surface area contributed by atoms with E-state index in [9.17, 15) is 18.4 Å². The van der Waals surface area contributed by atoms with Crippen LogP contribution in [0, 0.1) is 17.6 Å². The van der Waals surface area contributed by atoms with Crippen LogP contribution in [0.4, 0.5) is 8.78 Å². The van der Waals surface area contributed by atoms with Crippen molar-refractivity contribution in [3.8, 4) is 0 Å². The zero-order valence-corrected chi connectivity index (χ0v) is 16.2. The van der Waals surface area contributed by atoms with Gasteiger partial charge in [0, 0.05) is 30.1 Å². The SMILES string of the molecule is Cl.O=C(NCCN1CCC(C(=O)c2ccc(F)cc2)CC1)c1ccc(F)cc1. The number of rotatable bonds is 6. The number of hydrogen-bond acceptors (Lipinski definition) is 3. The Morgan fingerprint density at radius 3 is 1.93 bits per heavy atom. The van der Waals surface area contributed by atoms with Crippen LogP contribution in [-0.4, -0.2) is 42.8 Å². The van der Waals surface area contributed by atoms with E-state index in [0.29, 0.717) is 24.2 Å². The fourth-order valence-electron chi connectivity index (χ4n) is 3.30. The van der Waals surface area contributed by atoms with Gasteiger partial charge < -0.3 is 10.2 Å². The minimum Gasteiger partial charge on any atom is -0.351 e. The van der Waals surface area contributed by atoms with Crippen molar-refractivity contribution in [2.24, 2.45) is 5.92 Å². The average molecular weight is 409 g/mol. The van der Waals surface area contributed by atoms with Crippen LogP contribution in [0.15, 0.2) is 48.5 Å². The Kier molecular flexibility index (Phi) is 8.08. The first kappa shape index (κ1) is 22.0. The molecule has 1 aliphatic rings. The van der Waals surface area contributed by atoms with Crippen molar-refractivity contribution in [1.29, 1.82) is 0 Å². The molecule has 1 N–H and O–H groups in total. The van der Waals surface area contributed by atoms with E-state index in [0.717, 1.165) is 25.9 Å². The average Bonchev–Trinajstić information content (AvgIpc) is 2.69. The molecule has 0 atom stereocenters. The molecule has 2 aromatic rings. The second kappa shape index (κ2) is 10.3. The van der Waals surface area contributed by atoms with E-state index in [-0.39, 0.29) is 41.6 Å². The molecule has 0 spiro atoms. The first-order chi connectivity index (χ1) is 13.0. The fourth-order valence-corrected chi connectivity index (χ4v) is 3.30. The normalized spacial score (nSPS) is 14.9. The van der Waals surface area contributed by atoms with Crippen LogP contribution in [0.3, 0.4) is 0 Å². The lowest BCUT2D eigenvalue weighted by atomic mass is 9.89. The van der Waals surface area contributed by atoms with Crippen LogP contribution in [-0.2, 0) is 0 Å². The van der Waals surface area contributed by atoms with Gasteiger partial charge in [0.25, 0.3) is 5.91 Å². The van der Waals surface area contributed by atoms with Crippen molar-refractivity contribution < 1.29 is 18.4 Å². The molecule has 1 saturated heterocycles. The molecule has 1 heterocycles. The molecule has 3 rings (SSSR count). The van der Waals surface area contributed by atoms with Gasteiger partial charge in [0.1, 0.15) is 11.6 Å². The number of benzene rings is 2. The van der Waals surface area contributed by atoms with Crippen LogP contribution in [0.1, 0.15) is 33.6 Å². The lowest BCUT2D eigenvalue weighted by Gasteiger charge is -2.31. The molecule has 0 aromatic heterocycles. The number of halogens is 3. The van der Waals surface area contributed by atoms with Crippen LogP contribution < -0.4 is 5.32 Å². The molecular weight excluding hydrogens is 386 g/mol. The van der Waals surface area contributed by atoms with E-state index in [1.165, 1.54) is 48.5 Å². The molecule has 0 unspecified atom stereocenters. The Hall–Kier alpha value is -2.31. The van der Waals surface area contributed by atoms with Crippen molar-refractivity contribution in [2.75, 3.05) is 26.2 Å². The highest BCUT2D eigenvalue weighted by Crippen LogP contribution is 2.21. The molecule has 2 aromatic carbocycles. The maximum atomic E-state index is 13.0. The highest BCUT2D eigenvalue weighted by Gasteiger charge is 2.25. The number of nitrogens with one attached hydrogen (secondary N) is 1. The molecule has 4 nitrogen and oxygen atoms in total. The third kappa shape index (κ3) is 5.84. The Labute approximate surface area is 169 Å². The quantitative estimate of drug-likeness (QED) is 0.741. The van der Waals surface area contributed by atoms with Gasteiger partial charge in [-0.1, -0.05) is 0 Å². The van der Waals surface area contributed by atoms with Gasteiger partial charge in [-0.2, -0.15) is 0 Å². The first-order valence-corrected chi connectivity index (χ1v) is 9.09. The molecule has 1 aliphatic heterocycles. The molecule has 0 aliphatic carbocycles. The summed E-state index contributed by atoms with van der Waals surface area (Å²) < 4.78 is 25.9. The number of carbonyl (C=O) groups is 2. The smallest absolute Gasteiger partial charge is 0.251 e. The minimum atomic E-state index is -0.371. The van der Waals surface area contributed by atoms with Crippen molar-refractivity contribution in [3.63, 3.8) is 0 Å². The Balaban J connectivity index is 0.00000280. The molecule has 0 bridgehead atoms. The van der Waals surface area contributed by atoms with Gasteiger partial charge in [-0.15, -0.1) is 12.4 Å². The summed E-state index contributed by atoms with van der Waals surface area (Å²) in [6.07, 6.45) is 1.50. The molecule has 28 heavy (non-hydrogen) atoms. The number of ketones is 1. The van der Waals surface area contributed by atoms with Crippen LogP contribution in [0.25, 0.3) is 0 Å². The molecule has 0 radical (unpaired) electrons. The summed E-state index contributed by atoms with van der Waals surface area (Å²) in [7, 11) is 0. The zero-order chi connectivity index (χ0) is 19.2. The van der Waals surface area contributed by atoms with Gasteiger partial charge in [-0.05, 0) is 74.5 Å². The number of carbonyl (C=O) groups excluding carboxylic acids is 2. The number of nitrogens with zero attached hydrogens (tertiary/aromatic N) is 1. The number of amides is 1. The second-order valence-corrected chi connectivity index (χ2v) is 6.75. The monoisotopic (exact) mass is 408 g/mol. The fraction of sp³-hybridized carbons (Fsp3) is 0.333. The number of likely N-dealkylation sites (tertiary alicyclic amines) is 1. The standard InChI is InChI=1S/C21H22F2N2O2.ClH/c22-18-5-1-15(2-6-18)20(26)16-9-12-25(13-10-16)14-11-24-21(27)17-3-7-19(23)8-4-17;/h1-8,16H,9-14H2,(H,24,27);1H. The van der Waals surface area contributed by atoms with Crippen molar-refractivity contribution in [1.82, 2.24) is 10.2 Å². The number of hydrogen-bond donors (Lipinski definition) is 1. The molecule has 0 saturated carbocycles. The predicted molar refractivity (Wildman–Crippen MR) is 106 cm³/mol. The Morgan fingerprint density at radius 2 is 1.39 bits per heavy atom. The summed E-state index contributed by atoms with van der Waals surface area (Å²) in [5.41, 5.74) is 0.987. The van der Waals surface area contributed by atoms with Gasteiger partial charge in [-0.3, -0.25) is 9.59 Å². The lowest BCUT2D eigenvalue weighted by Crippen LogP contribution is -2.41. The maximum absolute atomic E-state index is 13.0. The van der Waals surface area contributed by atoms with Crippen LogP contribution >= 0.6 is 12.4 Å². The summed E-state index contributed by atoms with van der Waals surface area (Å²) in [5.74, 6) is -0.912. The molecule has 1 amide bonds. The molecular formula is C21H23ClF2N2O2. The molecule has 7 heteroatoms. The summed E-state index contributed by atoms with van der Waals surface area (Å²) in [6, 6.07) is 11.1. The van der Waals surface area contributed by atoms with Crippen LogP contribution in [0.2, 0.25) is 0 Å². The summed E-state index contributed by atoms with van der Waals surface area (Å²) in [6.45, 7) is 2.76. The molecule has 150 valence electrons. The minimum absolute atomic E-state index is 0. The van der Waals surface area contributed by atoms with Gasteiger partial charge in [0.2, 0.25) is 0 Å². The van der Waals surface area contributed by atoms with E-state index >= 15 is 0 Å². The zero-order valence-electron chi connectivity index (χ0n) is 15.4. The van der Waals surface area contributed by atoms with Gasteiger partial charge in [-0.25, -0.2) is 8.78 Å². The summed E-state index contributed by atoms with van der Waals surface area (Å²) in [4.78, 5) is 26.7. The van der Waals surface area contributed by atoms with E-state index < -0.39 is 0 Å². The van der Waals surface area contributed by atoms with Crippen molar-refractivity contribution in [3.05, 3.63) is 71.3 Å². The Morgan fingerprint density at radius 1 is 0.893 bits per heavy atom. The van der Waals surface area contributed by atoms with Gasteiger partial charge >= 0.3 is 0 Å². The van der Waals surface area contributed by atoms with E-state index in [2.05, 4.69) is 10.2 Å². The number of Topliss-reactive ketones (excluding diaryl/α,β-unsaturated/α-hetero) is 1. The van der Waals surface area contributed by atoms with Gasteiger partial charge in [0.05, 0.1) is 0 Å². The second-order valence-electron chi connectivity index (χ2n) is 6.75. The summed E-state index contributed by atoms with van der Waals surface area (Å²) in [5, 5.41) is 2.83. The predicted octanol–water partition coefficient (Wildman–Crippen LogP) is 3.71. The molecule has 1 fully saturated rings. The third-order valence-corrected chi connectivity index (χ3v) is 4.91. The first-order valence-electron chi connectivity index (χ1n) is 9.09. The van der Waals surface area contributed by atoms with Gasteiger partial charge in [0.15, 0.2) is 5.78 Å². The van der Waals surface area contributed by atoms with E-state index in [4.69, 9.17) is 0 Å². The number of piperidine rings is 1. The lowest BCUT2D eigenvalue weighted by molar-refractivity contribution is 0.0839. The van der Waals surface area contributed by atoms with Crippen LogP contribution in [0.5, 0.6) is 0 Å². The van der Waals surface area contributed by atoms with Crippen molar-refractivity contribution >= 4 is 24.1 Å². The van der Waals surface area contributed by atoms with E-state index in [1.54, 1.807) is 0 Å². The summed E-state index contributed by atoms with van der Waals surface area (Å²) >= 11 is 0. The Bertz CT molecular complexity index is 786. The third-order valence-electron chi connectivity index (χ3n) is 4.91. The highest BCUT2D eigenvalue weighted by molar-refractivity contribution is 5.97.